The van der Waals surface area contributed by atoms with Crippen LogP contribution >= 0.6 is 11.3 Å². The van der Waals surface area contributed by atoms with E-state index in [9.17, 15) is 0 Å². The van der Waals surface area contributed by atoms with Gasteiger partial charge in [-0.2, -0.15) is 0 Å². The van der Waals surface area contributed by atoms with E-state index in [1.54, 1.807) is 0 Å². The van der Waals surface area contributed by atoms with Crippen molar-refractivity contribution in [2.45, 2.75) is 0 Å². The highest BCUT2D eigenvalue weighted by atomic mass is 32.1. The monoisotopic (exact) mass is 808 g/mol. The lowest BCUT2D eigenvalue weighted by atomic mass is 9.98. The van der Waals surface area contributed by atoms with Crippen LogP contribution < -0.4 is 0 Å². The molecule has 0 saturated heterocycles. The minimum atomic E-state index is 0.618. The van der Waals surface area contributed by atoms with Gasteiger partial charge in [0.15, 0.2) is 17.5 Å². The molecule has 4 nitrogen and oxygen atoms in total. The van der Waals surface area contributed by atoms with Crippen molar-refractivity contribution in [2.24, 2.45) is 0 Å². The molecule has 0 radical (unpaired) electrons. The molecule has 0 amide bonds. The Labute approximate surface area is 362 Å². The Balaban J connectivity index is 1.04. The van der Waals surface area contributed by atoms with E-state index in [0.717, 1.165) is 39.0 Å². The van der Waals surface area contributed by atoms with Crippen LogP contribution in [0, 0.1) is 0 Å². The first kappa shape index (κ1) is 35.9. The minimum Gasteiger partial charge on any atom is -0.308 e. The van der Waals surface area contributed by atoms with Gasteiger partial charge in [0.1, 0.15) is 0 Å². The van der Waals surface area contributed by atoms with Crippen LogP contribution in [0.3, 0.4) is 0 Å². The van der Waals surface area contributed by atoms with Crippen molar-refractivity contribution in [3.8, 4) is 73.2 Å². The molecule has 62 heavy (non-hydrogen) atoms. The number of thiophene rings is 1. The van der Waals surface area contributed by atoms with E-state index in [-0.39, 0.29) is 0 Å². The molecule has 0 unspecified atom stereocenters. The maximum Gasteiger partial charge on any atom is 0.166 e. The van der Waals surface area contributed by atoms with E-state index in [2.05, 4.69) is 199 Å². The molecular formula is C57H36N4S. The van der Waals surface area contributed by atoms with Crippen molar-refractivity contribution in [1.29, 1.82) is 0 Å². The number of aromatic nitrogens is 4. The van der Waals surface area contributed by atoms with Crippen molar-refractivity contribution in [1.82, 2.24) is 19.5 Å². The summed E-state index contributed by atoms with van der Waals surface area (Å²) in [5, 5.41) is 4.95. The fraction of sp³-hybridized carbons (Fsp3) is 0. The maximum absolute atomic E-state index is 5.24. The van der Waals surface area contributed by atoms with Crippen molar-refractivity contribution in [2.75, 3.05) is 0 Å². The quantitative estimate of drug-likeness (QED) is 0.161. The fourth-order valence-corrected chi connectivity index (χ4v) is 10.1. The van der Waals surface area contributed by atoms with Crippen molar-refractivity contribution in [3.63, 3.8) is 0 Å². The number of fused-ring (bicyclic) bond motifs is 6. The van der Waals surface area contributed by atoms with Gasteiger partial charge in [-0.3, -0.25) is 0 Å². The summed E-state index contributed by atoms with van der Waals surface area (Å²) in [6, 6.07) is 77.4. The highest BCUT2D eigenvalue weighted by Gasteiger charge is 2.21. The average molecular weight is 809 g/mol. The zero-order valence-electron chi connectivity index (χ0n) is 33.5. The predicted molar refractivity (Wildman–Crippen MR) is 260 cm³/mol. The molecule has 9 aromatic carbocycles. The number of hydrogen-bond acceptors (Lipinski definition) is 4. The van der Waals surface area contributed by atoms with Gasteiger partial charge in [0, 0.05) is 47.6 Å². The predicted octanol–water partition coefficient (Wildman–Crippen LogP) is 15.3. The molecule has 12 aromatic rings. The highest BCUT2D eigenvalue weighted by Crippen LogP contribution is 2.45. The molecule has 3 aromatic heterocycles. The second-order valence-electron chi connectivity index (χ2n) is 15.6. The highest BCUT2D eigenvalue weighted by molar-refractivity contribution is 7.26. The zero-order valence-corrected chi connectivity index (χ0v) is 34.3. The summed E-state index contributed by atoms with van der Waals surface area (Å²) in [7, 11) is 0. The Morgan fingerprint density at radius 3 is 1.58 bits per heavy atom. The SMILES string of the molecule is c1ccc(-c2ccc(-c3nc(-c4ccccc4)nc(-c4ccccc4-n4c5ccccc5c5cc6c(cc54)sc4c(-c5cccc(-c7ccccc7)c5)cccc46)n3)cc2)cc1. The van der Waals surface area contributed by atoms with Crippen LogP contribution in [0.4, 0.5) is 0 Å². The van der Waals surface area contributed by atoms with E-state index in [0.29, 0.717) is 17.5 Å². The lowest BCUT2D eigenvalue weighted by molar-refractivity contribution is 1.06. The summed E-state index contributed by atoms with van der Waals surface area (Å²) in [6.45, 7) is 0. The van der Waals surface area contributed by atoms with Crippen LogP contribution in [0.1, 0.15) is 0 Å². The summed E-state index contributed by atoms with van der Waals surface area (Å²) < 4.78 is 4.93. The van der Waals surface area contributed by atoms with E-state index in [4.69, 9.17) is 15.0 Å². The molecule has 0 fully saturated rings. The molecule has 0 saturated carbocycles. The van der Waals surface area contributed by atoms with Crippen molar-refractivity contribution < 1.29 is 0 Å². The van der Waals surface area contributed by atoms with Crippen LogP contribution in [-0.2, 0) is 0 Å². The van der Waals surface area contributed by atoms with E-state index in [1.165, 1.54) is 58.8 Å². The first-order valence-corrected chi connectivity index (χ1v) is 21.7. The normalized spacial score (nSPS) is 11.5. The fourth-order valence-electron chi connectivity index (χ4n) is 8.89. The van der Waals surface area contributed by atoms with E-state index in [1.807, 2.05) is 35.6 Å². The van der Waals surface area contributed by atoms with Gasteiger partial charge in [0.25, 0.3) is 0 Å². The van der Waals surface area contributed by atoms with Crippen LogP contribution in [-0.4, -0.2) is 19.5 Å². The standard InChI is InChI=1S/C57H36N4S/c1-4-16-37(17-5-1)39-30-32-41(33-31-39)56-58-55(40-20-8-3-9-21-40)59-57(60-56)47-25-11-13-29-51(47)61-50-28-12-10-24-45(50)48-35-49-46-27-15-26-44(54(46)62-53(49)36-52(48)61)43-23-14-22-42(34-43)38-18-6-2-7-19-38/h1-36H. The topological polar surface area (TPSA) is 43.6 Å². The molecule has 0 aliphatic rings. The average Bonchev–Trinajstić information content (AvgIpc) is 3.88. The third-order valence-corrected chi connectivity index (χ3v) is 13.1. The van der Waals surface area contributed by atoms with Gasteiger partial charge in [-0.15, -0.1) is 11.3 Å². The molecule has 3 heterocycles. The summed E-state index contributed by atoms with van der Waals surface area (Å²) in [6.07, 6.45) is 0. The maximum atomic E-state index is 5.24. The Kier molecular flexibility index (Phi) is 8.65. The lowest BCUT2D eigenvalue weighted by Crippen LogP contribution is -2.03. The largest absolute Gasteiger partial charge is 0.308 e. The molecule has 0 bridgehead atoms. The number of nitrogens with zero attached hydrogens (tertiary/aromatic N) is 4. The second-order valence-corrected chi connectivity index (χ2v) is 16.6. The third kappa shape index (κ3) is 6.18. The molecule has 0 spiro atoms. The van der Waals surface area contributed by atoms with Crippen LogP contribution in [0.25, 0.3) is 115 Å². The Hall–Kier alpha value is -7.99. The summed E-state index contributed by atoms with van der Waals surface area (Å²) >= 11 is 1.87. The van der Waals surface area contributed by atoms with E-state index < -0.39 is 0 Å². The molecule has 0 atom stereocenters. The Morgan fingerprint density at radius 2 is 0.823 bits per heavy atom. The molecule has 12 rings (SSSR count). The van der Waals surface area contributed by atoms with Gasteiger partial charge in [-0.25, -0.2) is 15.0 Å². The minimum absolute atomic E-state index is 0.618. The Bertz CT molecular complexity index is 3610. The van der Waals surface area contributed by atoms with Crippen LogP contribution in [0.15, 0.2) is 218 Å². The molecule has 0 N–H and O–H groups in total. The van der Waals surface area contributed by atoms with E-state index >= 15 is 0 Å². The van der Waals surface area contributed by atoms with Gasteiger partial charge in [0.05, 0.1) is 16.7 Å². The van der Waals surface area contributed by atoms with Gasteiger partial charge in [-0.05, 0) is 69.8 Å². The van der Waals surface area contributed by atoms with Crippen molar-refractivity contribution in [3.05, 3.63) is 218 Å². The number of rotatable bonds is 7. The number of hydrogen-bond donors (Lipinski definition) is 0. The molecule has 290 valence electrons. The first-order chi connectivity index (χ1) is 30.7. The molecule has 5 heteroatoms. The smallest absolute Gasteiger partial charge is 0.166 e. The molecule has 0 aliphatic heterocycles. The Morgan fingerprint density at radius 1 is 0.306 bits per heavy atom. The van der Waals surface area contributed by atoms with Crippen LogP contribution in [0.2, 0.25) is 0 Å². The lowest BCUT2D eigenvalue weighted by Gasteiger charge is -2.14. The van der Waals surface area contributed by atoms with Gasteiger partial charge in [0.2, 0.25) is 0 Å². The summed E-state index contributed by atoms with van der Waals surface area (Å²) in [5.74, 6) is 1.88. The molecule has 0 aliphatic carbocycles. The van der Waals surface area contributed by atoms with Gasteiger partial charge in [-0.1, -0.05) is 182 Å². The first-order valence-electron chi connectivity index (χ1n) is 20.8. The molecular weight excluding hydrogens is 773 g/mol. The zero-order chi connectivity index (χ0) is 41.0. The van der Waals surface area contributed by atoms with Crippen molar-refractivity contribution >= 4 is 53.3 Å². The summed E-state index contributed by atoms with van der Waals surface area (Å²) in [4.78, 5) is 15.5. The van der Waals surface area contributed by atoms with Crippen LogP contribution in [0.5, 0.6) is 0 Å². The van der Waals surface area contributed by atoms with Gasteiger partial charge < -0.3 is 4.57 Å². The summed E-state index contributed by atoms with van der Waals surface area (Å²) in [5.41, 5.74) is 13.3. The number of para-hydroxylation sites is 2. The van der Waals surface area contributed by atoms with Gasteiger partial charge >= 0.3 is 0 Å². The third-order valence-electron chi connectivity index (χ3n) is 11.9. The second kappa shape index (κ2) is 14.9. The number of benzene rings is 9.